The number of aliphatic hydroxyl groups is 4. The largest absolute Gasteiger partial charge is 0.391 e. The molecule has 97 heavy (non-hydrogen) atoms. The minimum absolute atomic E-state index is 0. The summed E-state index contributed by atoms with van der Waals surface area (Å²) in [6.07, 6.45) is 10.6. The van der Waals surface area contributed by atoms with Crippen LogP contribution in [-0.4, -0.2) is 141 Å². The number of aliphatic hydroxyl groups excluding tert-OH is 4. The third kappa shape index (κ3) is 24.7. The van der Waals surface area contributed by atoms with Crippen molar-refractivity contribution in [2.45, 2.75) is 151 Å². The third-order valence-corrected chi connectivity index (χ3v) is 19.4. The maximum Gasteiger partial charge on any atom is 0.154 e. The number of carbonyl (C=O) groups excluding carboxylic acids is 2. The van der Waals surface area contributed by atoms with Gasteiger partial charge in [0.25, 0.3) is 0 Å². The van der Waals surface area contributed by atoms with Crippen LogP contribution in [0.25, 0.3) is 0 Å². The summed E-state index contributed by atoms with van der Waals surface area (Å²) in [4.78, 5) is 34.7. The Morgan fingerprint density at radius 3 is 1.18 bits per heavy atom. The van der Waals surface area contributed by atoms with E-state index >= 15 is 0 Å². The van der Waals surface area contributed by atoms with Crippen molar-refractivity contribution in [3.63, 3.8) is 0 Å². The van der Waals surface area contributed by atoms with E-state index in [1.807, 2.05) is 153 Å². The molecule has 0 amide bonds. The molecular formula is C83H104Ac2N6O6. The Kier molecular flexibility index (Phi) is 35.8. The van der Waals surface area contributed by atoms with Crippen molar-refractivity contribution in [1.29, 1.82) is 0 Å². The summed E-state index contributed by atoms with van der Waals surface area (Å²) in [6, 6.07) is 82.5. The van der Waals surface area contributed by atoms with Crippen molar-refractivity contribution in [2.24, 2.45) is 0 Å². The van der Waals surface area contributed by atoms with Gasteiger partial charge in [-0.2, -0.15) is 0 Å². The maximum atomic E-state index is 11.8. The molecule has 12 nitrogen and oxygen atoms in total. The number of piperidine rings is 5. The summed E-state index contributed by atoms with van der Waals surface area (Å²) in [6.45, 7) is 8.08. The van der Waals surface area contributed by atoms with Gasteiger partial charge in [0.2, 0.25) is 0 Å². The number of likely N-dealkylation sites (tertiary alicyclic amines) is 5. The zero-order valence-electron chi connectivity index (χ0n) is 57.5. The Bertz CT molecular complexity index is 3330. The van der Waals surface area contributed by atoms with Crippen molar-refractivity contribution in [2.75, 3.05) is 60.4 Å². The first kappa shape index (κ1) is 79.9. The summed E-state index contributed by atoms with van der Waals surface area (Å²) in [7, 11) is 6.19. The number of Topliss-reactive ketones (excluding diaryl/α,β-unsaturated/α-hetero) is 2. The topological polar surface area (TPSA) is 143 Å². The van der Waals surface area contributed by atoms with Crippen LogP contribution in [0, 0.1) is 88.1 Å². The summed E-state index contributed by atoms with van der Waals surface area (Å²) >= 11 is 0. The van der Waals surface area contributed by atoms with E-state index in [1.165, 1.54) is 34.2 Å². The van der Waals surface area contributed by atoms with Gasteiger partial charge in [-0.05, 0) is 169 Å². The predicted octanol–water partition coefficient (Wildman–Crippen LogP) is 14.1. The number of hydrogen-bond donors (Lipinski definition) is 5. The van der Waals surface area contributed by atoms with Gasteiger partial charge in [-0.25, -0.2) is 0 Å². The summed E-state index contributed by atoms with van der Waals surface area (Å²) in [5.41, 5.74) is 9.53. The molecule has 2 radical (unpaired) electrons. The Hall–Kier alpha value is -4.42. The molecule has 0 spiro atoms. The number of hydrogen-bond acceptors (Lipinski definition) is 12. The number of rotatable bonds is 11. The second kappa shape index (κ2) is 43.4. The average molecular weight is 1740 g/mol. The molecule has 508 valence electrons. The predicted molar refractivity (Wildman–Crippen MR) is 384 cm³/mol. The van der Waals surface area contributed by atoms with E-state index < -0.39 is 0 Å². The normalized spacial score (nSPS) is 24.1. The summed E-state index contributed by atoms with van der Waals surface area (Å²) in [5.74, 6) is 0.669. The van der Waals surface area contributed by atoms with Gasteiger partial charge in [0.05, 0.1) is 54.6 Å². The first-order valence-electron chi connectivity index (χ1n) is 34.9. The van der Waals surface area contributed by atoms with Gasteiger partial charge in [0, 0.05) is 120 Å². The van der Waals surface area contributed by atoms with Gasteiger partial charge in [-0.15, -0.1) is 0 Å². The van der Waals surface area contributed by atoms with Gasteiger partial charge in [-0.1, -0.05) is 243 Å². The van der Waals surface area contributed by atoms with Crippen LogP contribution >= 0.6 is 0 Å². The zero-order valence-corrected chi connectivity index (χ0v) is 67.0. The fourth-order valence-electron chi connectivity index (χ4n) is 14.6. The van der Waals surface area contributed by atoms with E-state index in [2.05, 4.69) is 141 Å². The molecule has 0 bridgehead atoms. The molecule has 14 rings (SSSR count). The molecule has 8 aromatic carbocycles. The minimum Gasteiger partial charge on any atom is -0.391 e. The molecule has 10 atom stereocenters. The molecule has 0 aromatic heterocycles. The van der Waals surface area contributed by atoms with Crippen LogP contribution in [-0.2, 0) is 22.7 Å². The zero-order chi connectivity index (χ0) is 66.6. The molecule has 6 fully saturated rings. The van der Waals surface area contributed by atoms with Crippen LogP contribution < -0.4 is 5.32 Å². The van der Waals surface area contributed by atoms with Gasteiger partial charge in [-0.3, -0.25) is 34.1 Å². The SMILES string of the molecule is CN1CCCC(=O)[C@@H]1c1ccccc1.CN1CCCC(O)C1c1ccccc1.CN1CCCC(O)C1c1ccccc1.O=C1CCCN[C@H]1c1ccccc1.OC(c1ccccc1)C1CCCN1Cc1ccccc1.OC1CCCN(Cc2ccccc2)C1c1ccccc1.[Ac].[Ac]. The van der Waals surface area contributed by atoms with E-state index in [0.29, 0.717) is 18.0 Å². The van der Waals surface area contributed by atoms with E-state index in [4.69, 9.17) is 0 Å². The second-order valence-electron chi connectivity index (χ2n) is 26.4. The molecule has 6 saturated heterocycles. The molecule has 6 heterocycles. The van der Waals surface area contributed by atoms with Crippen LogP contribution in [0.5, 0.6) is 0 Å². The number of ketones is 2. The molecule has 6 aliphatic rings. The molecule has 0 saturated carbocycles. The monoisotopic (exact) mass is 1730 g/mol. The number of nitrogens with zero attached hydrogens (tertiary/aromatic N) is 5. The van der Waals surface area contributed by atoms with E-state index in [0.717, 1.165) is 133 Å². The first-order chi connectivity index (χ1) is 46.4. The molecule has 0 aliphatic carbocycles. The molecular weight excluding hydrogens is 1630 g/mol. The molecule has 5 N–H and O–H groups in total. The summed E-state index contributed by atoms with van der Waals surface area (Å²) < 4.78 is 0. The average Bonchev–Trinajstić information content (AvgIpc) is 1.92. The smallest absolute Gasteiger partial charge is 0.154 e. The Balaban J connectivity index is 0.000000165. The van der Waals surface area contributed by atoms with Gasteiger partial charge in [0.15, 0.2) is 11.6 Å². The number of nitrogens with one attached hydrogen (secondary N) is 1. The van der Waals surface area contributed by atoms with Crippen molar-refractivity contribution < 1.29 is 118 Å². The van der Waals surface area contributed by atoms with E-state index in [-0.39, 0.29) is 149 Å². The Labute approximate surface area is 651 Å². The second-order valence-corrected chi connectivity index (χ2v) is 26.4. The van der Waals surface area contributed by atoms with Gasteiger partial charge < -0.3 is 25.7 Å². The minimum atomic E-state index is -0.387. The third-order valence-electron chi connectivity index (χ3n) is 19.4. The number of benzene rings is 8. The quantitative estimate of drug-likeness (QED) is 0.0841. The molecule has 14 heteroatoms. The molecule has 6 aliphatic heterocycles. The van der Waals surface area contributed by atoms with Crippen molar-refractivity contribution >= 4 is 11.6 Å². The maximum absolute atomic E-state index is 11.8. The fraction of sp³-hybridized carbons (Fsp3) is 0.398. The van der Waals surface area contributed by atoms with Crippen LogP contribution in [0.1, 0.15) is 158 Å². The number of carbonyl (C=O) groups is 2. The van der Waals surface area contributed by atoms with Gasteiger partial charge in [0.1, 0.15) is 0 Å². The number of likely N-dealkylation sites (N-methyl/N-ethyl adjacent to an activating group) is 3. The van der Waals surface area contributed by atoms with Crippen molar-refractivity contribution in [3.8, 4) is 0 Å². The van der Waals surface area contributed by atoms with Crippen molar-refractivity contribution in [3.05, 3.63) is 287 Å². The van der Waals surface area contributed by atoms with Gasteiger partial charge >= 0.3 is 0 Å². The van der Waals surface area contributed by atoms with Crippen molar-refractivity contribution in [1.82, 2.24) is 29.8 Å². The molecule has 8 aromatic rings. The molecule has 8 unspecified atom stereocenters. The fourth-order valence-corrected chi connectivity index (χ4v) is 14.6. The van der Waals surface area contributed by atoms with E-state index in [1.54, 1.807) is 0 Å². The Morgan fingerprint density at radius 2 is 0.732 bits per heavy atom. The van der Waals surface area contributed by atoms with Crippen LogP contribution in [0.3, 0.4) is 0 Å². The van der Waals surface area contributed by atoms with Crippen LogP contribution in [0.2, 0.25) is 0 Å². The summed E-state index contributed by atoms with van der Waals surface area (Å²) in [5, 5.41) is 44.2. The van der Waals surface area contributed by atoms with Crippen LogP contribution in [0.15, 0.2) is 243 Å². The standard InChI is InChI=1S/2C18H21NO.2C12H17NO.C12H15NO.C11H13NO.2Ac/c20-17-12-7-13-19(14-15-8-3-1-4-9-15)18(17)16-10-5-2-6-11-16;20-18(16-10-5-2-6-11-16)17-12-7-13-19(17)14-15-8-3-1-4-9-15;3*1-13-9-5-8-11(14)12(13)10-6-3-2-4-7-10;13-10-7-4-8-12-11(10)9-5-2-1-3-6-9;;/h2*1-6,8-11,17-18,20H,7,12-14H2;2*2-4,6-7,11-12,14H,5,8-9H2,1H3;2-4,6-7,12H,5,8-9H2,1H3;1-3,5-6,11-12H,4,7-8H2;;/t;;;;12-;11-;;/m....00../s1. The first-order valence-corrected chi connectivity index (χ1v) is 34.9. The van der Waals surface area contributed by atoms with Crippen LogP contribution in [0.4, 0.5) is 0 Å². The van der Waals surface area contributed by atoms with E-state index in [9.17, 15) is 30.0 Å². The Morgan fingerprint density at radius 1 is 0.381 bits per heavy atom.